The lowest BCUT2D eigenvalue weighted by atomic mass is 9.75. The van der Waals surface area contributed by atoms with E-state index in [4.69, 9.17) is 5.73 Å². The second-order valence-electron chi connectivity index (χ2n) is 6.52. The fourth-order valence-electron chi connectivity index (χ4n) is 3.78. The lowest BCUT2D eigenvalue weighted by molar-refractivity contribution is 0.208. The van der Waals surface area contributed by atoms with Crippen molar-refractivity contribution in [1.29, 1.82) is 0 Å². The van der Waals surface area contributed by atoms with Crippen LogP contribution >= 0.6 is 0 Å². The molecule has 0 radical (unpaired) electrons. The van der Waals surface area contributed by atoms with Gasteiger partial charge in [-0.1, -0.05) is 0 Å². The van der Waals surface area contributed by atoms with Crippen LogP contribution in [0.15, 0.2) is 24.3 Å². The Morgan fingerprint density at radius 3 is 2.11 bits per heavy atom. The van der Waals surface area contributed by atoms with Gasteiger partial charge in [0.05, 0.1) is 0 Å². The van der Waals surface area contributed by atoms with Crippen molar-refractivity contribution >= 4 is 11.4 Å². The van der Waals surface area contributed by atoms with Gasteiger partial charge in [0.1, 0.15) is 0 Å². The van der Waals surface area contributed by atoms with E-state index in [1.165, 1.54) is 43.7 Å². The van der Waals surface area contributed by atoms with Crippen molar-refractivity contribution in [2.24, 2.45) is 17.6 Å². The zero-order chi connectivity index (χ0) is 13.4. The molecule has 2 fully saturated rings. The molecule has 1 saturated heterocycles. The molecule has 19 heavy (non-hydrogen) atoms. The topological polar surface area (TPSA) is 32.5 Å². The molecule has 0 amide bonds. The molecule has 3 rings (SSSR count). The first kappa shape index (κ1) is 12.8. The van der Waals surface area contributed by atoms with Crippen LogP contribution in [0.2, 0.25) is 0 Å². The van der Waals surface area contributed by atoms with Gasteiger partial charge < -0.3 is 15.5 Å². The second-order valence-corrected chi connectivity index (χ2v) is 6.52. The highest BCUT2D eigenvalue weighted by atomic mass is 15.1. The second kappa shape index (κ2) is 5.04. The van der Waals surface area contributed by atoms with Gasteiger partial charge in [0, 0.05) is 44.6 Å². The number of hydrogen-bond donors (Lipinski definition) is 1. The van der Waals surface area contributed by atoms with Crippen molar-refractivity contribution in [3.8, 4) is 0 Å². The number of fused-ring (bicyclic) bond motifs is 2. The van der Waals surface area contributed by atoms with Gasteiger partial charge in [0.15, 0.2) is 0 Å². The summed E-state index contributed by atoms with van der Waals surface area (Å²) in [5, 5.41) is 0. The first-order valence-corrected chi connectivity index (χ1v) is 7.39. The van der Waals surface area contributed by atoms with Crippen LogP contribution < -0.4 is 15.5 Å². The van der Waals surface area contributed by atoms with Crippen LogP contribution in [-0.2, 0) is 0 Å². The van der Waals surface area contributed by atoms with Crippen LogP contribution in [0.4, 0.5) is 11.4 Å². The number of piperidine rings is 1. The first-order chi connectivity index (χ1) is 9.11. The summed E-state index contributed by atoms with van der Waals surface area (Å²) in [7, 11) is 4.17. The predicted octanol–water partition coefficient (Wildman–Crippen LogP) is 2.32. The normalized spacial score (nSPS) is 30.3. The van der Waals surface area contributed by atoms with Gasteiger partial charge >= 0.3 is 0 Å². The molecule has 2 bridgehead atoms. The minimum atomic E-state index is 0.446. The maximum atomic E-state index is 6.14. The highest BCUT2D eigenvalue weighted by Gasteiger charge is 2.33. The molecule has 2 unspecified atom stereocenters. The van der Waals surface area contributed by atoms with E-state index in [-0.39, 0.29) is 0 Å². The number of rotatable bonds is 2. The van der Waals surface area contributed by atoms with Gasteiger partial charge in [-0.05, 0) is 55.4 Å². The van der Waals surface area contributed by atoms with Crippen molar-refractivity contribution in [2.75, 3.05) is 37.0 Å². The summed E-state index contributed by atoms with van der Waals surface area (Å²) >= 11 is 0. The number of benzene rings is 1. The van der Waals surface area contributed by atoms with E-state index in [0.29, 0.717) is 6.04 Å². The SMILES string of the molecule is CN(C)c1ccc(N2CC3CC(N)CC(C3)C2)cc1. The first-order valence-electron chi connectivity index (χ1n) is 7.39. The van der Waals surface area contributed by atoms with Crippen molar-refractivity contribution in [1.82, 2.24) is 0 Å². The zero-order valence-corrected chi connectivity index (χ0v) is 12.0. The van der Waals surface area contributed by atoms with Gasteiger partial charge in [-0.2, -0.15) is 0 Å². The van der Waals surface area contributed by atoms with E-state index in [9.17, 15) is 0 Å². The molecule has 2 aliphatic rings. The Labute approximate surface area is 116 Å². The summed E-state index contributed by atoms with van der Waals surface area (Å²) in [5.41, 5.74) is 8.78. The maximum Gasteiger partial charge on any atom is 0.0367 e. The number of anilines is 2. The lowest BCUT2D eigenvalue weighted by Gasteiger charge is -2.44. The molecule has 1 aromatic rings. The Morgan fingerprint density at radius 1 is 1.00 bits per heavy atom. The molecule has 2 N–H and O–H groups in total. The third-order valence-corrected chi connectivity index (χ3v) is 4.63. The molecule has 1 saturated carbocycles. The van der Waals surface area contributed by atoms with Gasteiger partial charge in [-0.15, -0.1) is 0 Å². The Balaban J connectivity index is 1.73. The summed E-state index contributed by atoms with van der Waals surface area (Å²) in [6, 6.07) is 9.39. The fourth-order valence-corrected chi connectivity index (χ4v) is 3.78. The summed E-state index contributed by atoms with van der Waals surface area (Å²) in [4.78, 5) is 4.71. The van der Waals surface area contributed by atoms with Crippen LogP contribution in [0.5, 0.6) is 0 Å². The van der Waals surface area contributed by atoms with E-state index in [2.05, 4.69) is 48.2 Å². The number of nitrogens with two attached hydrogens (primary N) is 1. The third kappa shape index (κ3) is 2.71. The van der Waals surface area contributed by atoms with Gasteiger partial charge in [0.2, 0.25) is 0 Å². The van der Waals surface area contributed by atoms with Crippen LogP contribution in [0.1, 0.15) is 19.3 Å². The Kier molecular flexibility index (Phi) is 3.40. The molecule has 1 aliphatic carbocycles. The summed E-state index contributed by atoms with van der Waals surface area (Å²) in [5.74, 6) is 1.60. The van der Waals surface area contributed by atoms with Crippen molar-refractivity contribution in [2.45, 2.75) is 25.3 Å². The smallest absolute Gasteiger partial charge is 0.0367 e. The van der Waals surface area contributed by atoms with E-state index < -0.39 is 0 Å². The minimum absolute atomic E-state index is 0.446. The standard InChI is InChI=1S/C16H25N3/c1-18(2)15-3-5-16(6-4-15)19-10-12-7-13(11-19)9-14(17)8-12/h3-6,12-14H,7-11,17H2,1-2H3. The minimum Gasteiger partial charge on any atom is -0.378 e. The zero-order valence-electron chi connectivity index (χ0n) is 12.0. The molecule has 3 heteroatoms. The number of hydrogen-bond acceptors (Lipinski definition) is 3. The molecule has 1 heterocycles. The van der Waals surface area contributed by atoms with E-state index in [1.807, 2.05) is 0 Å². The van der Waals surface area contributed by atoms with Crippen molar-refractivity contribution in [3.05, 3.63) is 24.3 Å². The third-order valence-electron chi connectivity index (χ3n) is 4.63. The van der Waals surface area contributed by atoms with E-state index in [0.717, 1.165) is 11.8 Å². The largest absolute Gasteiger partial charge is 0.378 e. The van der Waals surface area contributed by atoms with Crippen LogP contribution in [-0.4, -0.2) is 33.2 Å². The molecule has 0 spiro atoms. The van der Waals surface area contributed by atoms with Crippen LogP contribution in [0.25, 0.3) is 0 Å². The Hall–Kier alpha value is -1.22. The van der Waals surface area contributed by atoms with E-state index >= 15 is 0 Å². The molecular weight excluding hydrogens is 234 g/mol. The lowest BCUT2D eigenvalue weighted by Crippen LogP contribution is -2.47. The highest BCUT2D eigenvalue weighted by molar-refractivity contribution is 5.56. The predicted molar refractivity (Wildman–Crippen MR) is 81.8 cm³/mol. The van der Waals surface area contributed by atoms with Crippen LogP contribution in [0.3, 0.4) is 0 Å². The summed E-state index contributed by atoms with van der Waals surface area (Å²) < 4.78 is 0. The maximum absolute atomic E-state index is 6.14. The van der Waals surface area contributed by atoms with E-state index in [1.54, 1.807) is 0 Å². The van der Waals surface area contributed by atoms with Gasteiger partial charge in [-0.3, -0.25) is 0 Å². The summed E-state index contributed by atoms with van der Waals surface area (Å²) in [6.45, 7) is 2.37. The molecule has 104 valence electrons. The average Bonchev–Trinajstić information content (AvgIpc) is 2.37. The van der Waals surface area contributed by atoms with Crippen LogP contribution in [0, 0.1) is 11.8 Å². The molecule has 1 aliphatic heterocycles. The summed E-state index contributed by atoms with van der Waals surface area (Å²) in [6.07, 6.45) is 3.81. The molecular formula is C16H25N3. The molecule has 1 aromatic carbocycles. The molecule has 2 atom stereocenters. The van der Waals surface area contributed by atoms with Gasteiger partial charge in [-0.25, -0.2) is 0 Å². The fraction of sp³-hybridized carbons (Fsp3) is 0.625. The van der Waals surface area contributed by atoms with Gasteiger partial charge in [0.25, 0.3) is 0 Å². The van der Waals surface area contributed by atoms with Crippen molar-refractivity contribution in [3.63, 3.8) is 0 Å². The van der Waals surface area contributed by atoms with Crippen molar-refractivity contribution < 1.29 is 0 Å². The molecule has 0 aromatic heterocycles. The number of nitrogens with zero attached hydrogens (tertiary/aromatic N) is 2. The monoisotopic (exact) mass is 259 g/mol. The average molecular weight is 259 g/mol. The highest BCUT2D eigenvalue weighted by Crippen LogP contribution is 2.36. The molecule has 3 nitrogen and oxygen atoms in total. The Bertz CT molecular complexity index is 408. The Morgan fingerprint density at radius 2 is 1.58 bits per heavy atom. The quantitative estimate of drug-likeness (QED) is 0.884.